The number of ether oxygens (including phenoxy) is 5. The van der Waals surface area contributed by atoms with Crippen LogP contribution in [0.5, 0.6) is 0 Å². The van der Waals surface area contributed by atoms with Crippen LogP contribution in [0.2, 0.25) is 0 Å². The first-order valence-corrected chi connectivity index (χ1v) is 4.67. The summed E-state index contributed by atoms with van der Waals surface area (Å²) in [5, 5.41) is 0. The first-order valence-electron chi connectivity index (χ1n) is 4.67. The van der Waals surface area contributed by atoms with E-state index in [9.17, 15) is 0 Å². The van der Waals surface area contributed by atoms with Crippen molar-refractivity contribution in [1.29, 1.82) is 0 Å². The minimum atomic E-state index is -0.318. The van der Waals surface area contributed by atoms with Crippen molar-refractivity contribution in [3.63, 3.8) is 0 Å². The van der Waals surface area contributed by atoms with Crippen LogP contribution in [0.3, 0.4) is 0 Å². The predicted molar refractivity (Wildman–Crippen MR) is 47.0 cm³/mol. The van der Waals surface area contributed by atoms with Gasteiger partial charge in [-0.1, -0.05) is 0 Å². The van der Waals surface area contributed by atoms with Gasteiger partial charge in [-0.25, -0.2) is 0 Å². The molecule has 14 heavy (non-hydrogen) atoms. The van der Waals surface area contributed by atoms with E-state index in [0.29, 0.717) is 6.61 Å². The summed E-state index contributed by atoms with van der Waals surface area (Å²) in [6.45, 7) is 0.545. The summed E-state index contributed by atoms with van der Waals surface area (Å²) >= 11 is 0. The van der Waals surface area contributed by atoms with Crippen LogP contribution in [0.15, 0.2) is 0 Å². The van der Waals surface area contributed by atoms with Gasteiger partial charge in [0.1, 0.15) is 24.4 Å². The van der Waals surface area contributed by atoms with E-state index in [1.807, 2.05) is 0 Å². The Bertz CT molecular complexity index is 180. The fourth-order valence-corrected chi connectivity index (χ4v) is 2.14. The highest BCUT2D eigenvalue weighted by molar-refractivity contribution is 4.95. The molecule has 2 heterocycles. The highest BCUT2D eigenvalue weighted by Gasteiger charge is 2.51. The molecule has 2 aliphatic rings. The van der Waals surface area contributed by atoms with Gasteiger partial charge in [0.05, 0.1) is 6.61 Å². The zero-order chi connectivity index (χ0) is 10.1. The van der Waals surface area contributed by atoms with Gasteiger partial charge in [0.2, 0.25) is 0 Å². The fourth-order valence-electron chi connectivity index (χ4n) is 2.14. The molecule has 0 aliphatic carbocycles. The molecule has 82 valence electrons. The Kier molecular flexibility index (Phi) is 3.04. The van der Waals surface area contributed by atoms with E-state index in [-0.39, 0.29) is 30.7 Å². The van der Waals surface area contributed by atoms with Crippen molar-refractivity contribution < 1.29 is 23.7 Å². The molecular formula is C9H16O5. The Hall–Kier alpha value is -0.200. The third-order valence-electron chi connectivity index (χ3n) is 2.83. The quantitative estimate of drug-likeness (QED) is 0.636. The lowest BCUT2D eigenvalue weighted by Gasteiger charge is -2.38. The van der Waals surface area contributed by atoms with E-state index in [0.717, 1.165) is 0 Å². The average molecular weight is 204 g/mol. The van der Waals surface area contributed by atoms with Gasteiger partial charge in [-0.05, 0) is 0 Å². The first-order chi connectivity index (χ1) is 6.81. The van der Waals surface area contributed by atoms with Gasteiger partial charge in [-0.3, -0.25) is 0 Å². The summed E-state index contributed by atoms with van der Waals surface area (Å²) in [4.78, 5) is 0. The second-order valence-electron chi connectivity index (χ2n) is 3.48. The number of hydrogen-bond donors (Lipinski definition) is 0. The maximum atomic E-state index is 5.58. The van der Waals surface area contributed by atoms with Crippen LogP contribution in [0.25, 0.3) is 0 Å². The normalized spacial score (nSPS) is 46.9. The summed E-state index contributed by atoms with van der Waals surface area (Å²) in [5.41, 5.74) is 0. The smallest absolute Gasteiger partial charge is 0.187 e. The molecule has 0 aromatic heterocycles. The molecule has 5 nitrogen and oxygen atoms in total. The lowest BCUT2D eigenvalue weighted by molar-refractivity contribution is -0.246. The maximum absolute atomic E-state index is 5.58. The third-order valence-corrected chi connectivity index (χ3v) is 2.83. The molecule has 0 saturated carbocycles. The lowest BCUT2D eigenvalue weighted by Crippen LogP contribution is -2.56. The van der Waals surface area contributed by atoms with Crippen molar-refractivity contribution in [2.24, 2.45) is 0 Å². The van der Waals surface area contributed by atoms with Gasteiger partial charge < -0.3 is 23.7 Å². The molecule has 0 amide bonds. The van der Waals surface area contributed by atoms with Crippen molar-refractivity contribution in [2.45, 2.75) is 30.7 Å². The van der Waals surface area contributed by atoms with Gasteiger partial charge in [0.15, 0.2) is 6.29 Å². The zero-order valence-corrected chi connectivity index (χ0v) is 8.64. The second-order valence-corrected chi connectivity index (χ2v) is 3.48. The van der Waals surface area contributed by atoms with Crippen LogP contribution in [-0.2, 0) is 23.7 Å². The Labute approximate surface area is 83.2 Å². The predicted octanol–water partition coefficient (Wildman–Crippen LogP) is -0.214. The summed E-state index contributed by atoms with van der Waals surface area (Å²) < 4.78 is 27.0. The highest BCUT2D eigenvalue weighted by atomic mass is 16.8. The minimum Gasteiger partial charge on any atom is -0.376 e. The van der Waals surface area contributed by atoms with Crippen molar-refractivity contribution in [3.05, 3.63) is 0 Å². The van der Waals surface area contributed by atoms with Gasteiger partial charge in [-0.15, -0.1) is 0 Å². The molecule has 5 heteroatoms. The van der Waals surface area contributed by atoms with Crippen molar-refractivity contribution in [3.8, 4) is 0 Å². The summed E-state index contributed by atoms with van der Waals surface area (Å²) in [5.74, 6) is 0. The molecule has 2 aliphatic heterocycles. The number of hydrogen-bond acceptors (Lipinski definition) is 5. The van der Waals surface area contributed by atoms with Crippen LogP contribution in [-0.4, -0.2) is 58.6 Å². The summed E-state index contributed by atoms with van der Waals surface area (Å²) in [6.07, 6.45) is -0.827. The van der Waals surface area contributed by atoms with E-state index < -0.39 is 0 Å². The number of rotatable bonds is 3. The number of fused-ring (bicyclic) bond motifs is 2. The van der Waals surface area contributed by atoms with Crippen LogP contribution in [0, 0.1) is 0 Å². The molecule has 0 N–H and O–H groups in total. The van der Waals surface area contributed by atoms with Crippen molar-refractivity contribution >= 4 is 0 Å². The molecule has 0 unspecified atom stereocenters. The average Bonchev–Trinajstić information content (AvgIpc) is 2.63. The third kappa shape index (κ3) is 1.45. The van der Waals surface area contributed by atoms with Gasteiger partial charge in [-0.2, -0.15) is 0 Å². The molecule has 2 fully saturated rings. The summed E-state index contributed by atoms with van der Waals surface area (Å²) in [7, 11) is 4.91. The molecule has 2 saturated heterocycles. The standard InChI is InChI=1S/C9H16O5/c1-10-6-5-4-13-9(14-5)8(12-3)7(6)11-2/h5-9H,4H2,1-3H3/t5-,6-,7-,8+,9+/m1/s1. The minimum absolute atomic E-state index is 0.0404. The topological polar surface area (TPSA) is 46.2 Å². The Morgan fingerprint density at radius 2 is 1.57 bits per heavy atom. The van der Waals surface area contributed by atoms with Crippen molar-refractivity contribution in [2.75, 3.05) is 27.9 Å². The van der Waals surface area contributed by atoms with Crippen LogP contribution >= 0.6 is 0 Å². The van der Waals surface area contributed by atoms with Crippen LogP contribution in [0.1, 0.15) is 0 Å². The Morgan fingerprint density at radius 1 is 0.929 bits per heavy atom. The Balaban J connectivity index is 2.16. The zero-order valence-electron chi connectivity index (χ0n) is 8.64. The van der Waals surface area contributed by atoms with E-state index in [4.69, 9.17) is 23.7 Å². The fraction of sp³-hybridized carbons (Fsp3) is 1.00. The maximum Gasteiger partial charge on any atom is 0.187 e. The molecule has 0 aromatic rings. The highest BCUT2D eigenvalue weighted by Crippen LogP contribution is 2.32. The molecule has 2 bridgehead atoms. The van der Waals surface area contributed by atoms with Crippen LogP contribution in [0.4, 0.5) is 0 Å². The molecule has 2 rings (SSSR count). The molecular weight excluding hydrogens is 188 g/mol. The Morgan fingerprint density at radius 3 is 2.14 bits per heavy atom. The molecule has 0 radical (unpaired) electrons. The van der Waals surface area contributed by atoms with E-state index >= 15 is 0 Å². The molecule has 5 atom stereocenters. The molecule has 0 spiro atoms. The van der Waals surface area contributed by atoms with Gasteiger partial charge >= 0.3 is 0 Å². The van der Waals surface area contributed by atoms with E-state index in [1.165, 1.54) is 0 Å². The van der Waals surface area contributed by atoms with Gasteiger partial charge in [0, 0.05) is 21.3 Å². The lowest BCUT2D eigenvalue weighted by atomic mass is 10.0. The molecule has 0 aromatic carbocycles. The van der Waals surface area contributed by atoms with Crippen LogP contribution < -0.4 is 0 Å². The first kappa shape index (κ1) is 10.3. The summed E-state index contributed by atoms with van der Waals surface area (Å²) in [6, 6.07) is 0. The van der Waals surface area contributed by atoms with E-state index in [2.05, 4.69) is 0 Å². The second kappa shape index (κ2) is 4.12. The van der Waals surface area contributed by atoms with E-state index in [1.54, 1.807) is 21.3 Å². The number of methoxy groups -OCH3 is 3. The van der Waals surface area contributed by atoms with Gasteiger partial charge in [0.25, 0.3) is 0 Å². The monoisotopic (exact) mass is 204 g/mol. The SMILES string of the molecule is CO[C@H]1[C@H](OC)[C@H]2OC[C@@H](O2)[C@H]1OC. The largest absolute Gasteiger partial charge is 0.376 e. The van der Waals surface area contributed by atoms with Crippen molar-refractivity contribution in [1.82, 2.24) is 0 Å².